The number of Topliss-reactive ketones (excluding diaryl/α,β-unsaturated/α-hetero) is 1. The van der Waals surface area contributed by atoms with Gasteiger partial charge in [-0.25, -0.2) is 0 Å². The van der Waals surface area contributed by atoms with Crippen LogP contribution in [0.3, 0.4) is 0 Å². The molecule has 1 heterocycles. The molecule has 3 rings (SSSR count). The molecule has 6 nitrogen and oxygen atoms in total. The van der Waals surface area contributed by atoms with Crippen LogP contribution in [0.2, 0.25) is 0 Å². The normalized spacial score (nSPS) is 10.5. The molecule has 0 saturated heterocycles. The second-order valence-corrected chi connectivity index (χ2v) is 5.44. The number of aromatic nitrogens is 1. The summed E-state index contributed by atoms with van der Waals surface area (Å²) in [5.74, 6) is 0.622. The molecule has 24 heavy (non-hydrogen) atoms. The lowest BCUT2D eigenvalue weighted by molar-refractivity contribution is -0.384. The fourth-order valence-electron chi connectivity index (χ4n) is 2.40. The predicted octanol–water partition coefficient (Wildman–Crippen LogP) is 3.98. The number of ketones is 1. The molecule has 3 aromatic rings. The van der Waals surface area contributed by atoms with Gasteiger partial charge < -0.3 is 4.52 Å². The molecule has 2 aromatic carbocycles. The zero-order chi connectivity index (χ0) is 17.1. The van der Waals surface area contributed by atoms with E-state index in [0.717, 1.165) is 16.7 Å². The number of nitro benzene ring substituents is 1. The minimum absolute atomic E-state index is 0.0293. The Bertz CT molecular complexity index is 880. The van der Waals surface area contributed by atoms with Crippen molar-refractivity contribution in [3.8, 4) is 11.3 Å². The number of aryl methyl sites for hydroxylation is 1. The predicted molar refractivity (Wildman–Crippen MR) is 87.8 cm³/mol. The van der Waals surface area contributed by atoms with Crippen molar-refractivity contribution in [2.75, 3.05) is 0 Å². The van der Waals surface area contributed by atoms with Crippen LogP contribution < -0.4 is 0 Å². The summed E-state index contributed by atoms with van der Waals surface area (Å²) in [5.41, 5.74) is 3.13. The van der Waals surface area contributed by atoms with Gasteiger partial charge in [0.15, 0.2) is 11.5 Å². The van der Waals surface area contributed by atoms with Crippen LogP contribution in [0.4, 0.5) is 5.69 Å². The van der Waals surface area contributed by atoms with Crippen molar-refractivity contribution in [3.63, 3.8) is 0 Å². The lowest BCUT2D eigenvalue weighted by Gasteiger charge is -2.03. The van der Waals surface area contributed by atoms with E-state index < -0.39 is 4.92 Å². The molecular formula is C18H14N2O4. The highest BCUT2D eigenvalue weighted by atomic mass is 16.6. The van der Waals surface area contributed by atoms with Gasteiger partial charge in [0.25, 0.3) is 5.69 Å². The lowest BCUT2D eigenvalue weighted by atomic mass is 10.0. The molecule has 6 heteroatoms. The maximum absolute atomic E-state index is 12.3. The molecule has 120 valence electrons. The Hall–Kier alpha value is -3.28. The number of rotatable bonds is 5. The summed E-state index contributed by atoms with van der Waals surface area (Å²) in [6, 6.07) is 13.1. The Morgan fingerprint density at radius 2 is 1.79 bits per heavy atom. The van der Waals surface area contributed by atoms with Crippen LogP contribution in [-0.2, 0) is 6.42 Å². The number of carbonyl (C=O) groups is 1. The van der Waals surface area contributed by atoms with Gasteiger partial charge in [-0.1, -0.05) is 29.4 Å². The quantitative estimate of drug-likeness (QED) is 0.403. The molecule has 0 aliphatic carbocycles. The van der Waals surface area contributed by atoms with Crippen LogP contribution in [0.5, 0.6) is 0 Å². The third kappa shape index (κ3) is 3.22. The second-order valence-electron chi connectivity index (χ2n) is 5.44. The summed E-state index contributed by atoms with van der Waals surface area (Å²) in [6.45, 7) is 1.91. The molecule has 0 radical (unpaired) electrons. The largest absolute Gasteiger partial charge is 0.356 e. The molecule has 0 saturated carbocycles. The van der Waals surface area contributed by atoms with E-state index in [1.54, 1.807) is 6.20 Å². The lowest BCUT2D eigenvalue weighted by Crippen LogP contribution is -2.03. The van der Waals surface area contributed by atoms with Gasteiger partial charge >= 0.3 is 0 Å². The van der Waals surface area contributed by atoms with E-state index in [9.17, 15) is 14.9 Å². The Kier molecular flexibility index (Phi) is 4.20. The average molecular weight is 322 g/mol. The highest BCUT2D eigenvalue weighted by Gasteiger charge is 2.11. The molecule has 0 N–H and O–H groups in total. The molecule has 0 atom stereocenters. The minimum atomic E-state index is -0.488. The van der Waals surface area contributed by atoms with Gasteiger partial charge in [-0.2, -0.15) is 0 Å². The summed E-state index contributed by atoms with van der Waals surface area (Å²) in [4.78, 5) is 22.4. The van der Waals surface area contributed by atoms with E-state index in [4.69, 9.17) is 4.52 Å². The van der Waals surface area contributed by atoms with Gasteiger partial charge in [0, 0.05) is 35.2 Å². The number of carbonyl (C=O) groups excluding carboxylic acids is 1. The van der Waals surface area contributed by atoms with Crippen LogP contribution in [0, 0.1) is 17.0 Å². The topological polar surface area (TPSA) is 86.2 Å². The molecule has 0 spiro atoms. The number of hydrogen-bond acceptors (Lipinski definition) is 5. The Morgan fingerprint density at radius 1 is 1.12 bits per heavy atom. The number of nitrogens with zero attached hydrogens (tertiary/aromatic N) is 2. The zero-order valence-electron chi connectivity index (χ0n) is 12.9. The Labute approximate surface area is 137 Å². The van der Waals surface area contributed by atoms with E-state index in [1.807, 2.05) is 31.2 Å². The molecule has 0 bridgehead atoms. The number of non-ortho nitro benzene ring substituents is 1. The van der Waals surface area contributed by atoms with Gasteiger partial charge in [0.1, 0.15) is 0 Å². The summed E-state index contributed by atoms with van der Waals surface area (Å²) in [6.07, 6.45) is 1.88. The van der Waals surface area contributed by atoms with Gasteiger partial charge in [0.05, 0.1) is 11.1 Å². The smallest absolute Gasteiger partial charge is 0.269 e. The van der Waals surface area contributed by atoms with Crippen LogP contribution in [0.25, 0.3) is 11.3 Å². The second kappa shape index (κ2) is 6.45. The average Bonchev–Trinajstić information content (AvgIpc) is 3.01. The molecule has 0 fully saturated rings. The first-order valence-electron chi connectivity index (χ1n) is 7.33. The summed E-state index contributed by atoms with van der Waals surface area (Å²) < 4.78 is 5.20. The maximum Gasteiger partial charge on any atom is 0.269 e. The third-order valence-electron chi connectivity index (χ3n) is 3.73. The SMILES string of the molecule is Cc1cnoc1-c1ccc(CC(=O)c2ccc([N+](=O)[O-])cc2)cc1. The first-order chi connectivity index (χ1) is 11.5. The van der Waals surface area contributed by atoms with Crippen LogP contribution in [0.1, 0.15) is 21.5 Å². The fraction of sp³-hybridized carbons (Fsp3) is 0.111. The molecule has 1 aromatic heterocycles. The van der Waals surface area contributed by atoms with Crippen molar-refractivity contribution in [1.82, 2.24) is 5.16 Å². The number of benzene rings is 2. The molecule has 0 unspecified atom stereocenters. The maximum atomic E-state index is 12.3. The van der Waals surface area contributed by atoms with Gasteiger partial charge in [-0.3, -0.25) is 14.9 Å². The van der Waals surface area contributed by atoms with Crippen LogP contribution >= 0.6 is 0 Å². The Balaban J connectivity index is 1.72. The number of hydrogen-bond donors (Lipinski definition) is 0. The van der Waals surface area contributed by atoms with Crippen molar-refractivity contribution < 1.29 is 14.2 Å². The zero-order valence-corrected chi connectivity index (χ0v) is 12.9. The van der Waals surface area contributed by atoms with Crippen molar-refractivity contribution in [3.05, 3.63) is 81.5 Å². The van der Waals surface area contributed by atoms with Crippen molar-refractivity contribution in [2.45, 2.75) is 13.3 Å². The monoisotopic (exact) mass is 322 g/mol. The van der Waals surface area contributed by atoms with E-state index in [0.29, 0.717) is 11.3 Å². The highest BCUT2D eigenvalue weighted by molar-refractivity contribution is 5.97. The number of nitro groups is 1. The molecule has 0 aliphatic rings. The van der Waals surface area contributed by atoms with Crippen molar-refractivity contribution >= 4 is 11.5 Å². The first-order valence-corrected chi connectivity index (χ1v) is 7.33. The highest BCUT2D eigenvalue weighted by Crippen LogP contribution is 2.23. The van der Waals surface area contributed by atoms with E-state index in [2.05, 4.69) is 5.16 Å². The van der Waals surface area contributed by atoms with Gasteiger partial charge in [0.2, 0.25) is 0 Å². The summed E-state index contributed by atoms with van der Waals surface area (Å²) in [5, 5.41) is 14.4. The standard InChI is InChI=1S/C18H14N2O4/c1-12-11-19-24-18(12)15-4-2-13(3-5-15)10-17(21)14-6-8-16(9-7-14)20(22)23/h2-9,11H,10H2,1H3. The summed E-state index contributed by atoms with van der Waals surface area (Å²) in [7, 11) is 0. The van der Waals surface area contributed by atoms with E-state index >= 15 is 0 Å². The minimum Gasteiger partial charge on any atom is -0.356 e. The molecule has 0 aliphatic heterocycles. The van der Waals surface area contributed by atoms with Gasteiger partial charge in [-0.15, -0.1) is 0 Å². The Morgan fingerprint density at radius 3 is 2.33 bits per heavy atom. The van der Waals surface area contributed by atoms with Crippen LogP contribution in [0.15, 0.2) is 59.3 Å². The van der Waals surface area contributed by atoms with Crippen LogP contribution in [-0.4, -0.2) is 15.9 Å². The van der Waals surface area contributed by atoms with Crippen molar-refractivity contribution in [1.29, 1.82) is 0 Å². The van der Waals surface area contributed by atoms with E-state index in [-0.39, 0.29) is 17.9 Å². The third-order valence-corrected chi connectivity index (χ3v) is 3.73. The van der Waals surface area contributed by atoms with Crippen molar-refractivity contribution in [2.24, 2.45) is 0 Å². The first kappa shape index (κ1) is 15.6. The fourth-order valence-corrected chi connectivity index (χ4v) is 2.40. The van der Waals surface area contributed by atoms with Gasteiger partial charge in [-0.05, 0) is 24.6 Å². The van der Waals surface area contributed by atoms with E-state index in [1.165, 1.54) is 24.3 Å². The molecule has 0 amide bonds. The molecular weight excluding hydrogens is 308 g/mol. The summed E-state index contributed by atoms with van der Waals surface area (Å²) >= 11 is 0.